The average Bonchev–Trinajstić information content (AvgIpc) is 3.05. The summed E-state index contributed by atoms with van der Waals surface area (Å²) in [5, 5.41) is 38.0. The highest BCUT2D eigenvalue weighted by Crippen LogP contribution is 2.50. The molecule has 4 aromatic carbocycles. The number of hydrogen-bond donors (Lipinski definition) is 4. The van der Waals surface area contributed by atoms with Gasteiger partial charge in [-0.1, -0.05) is 103 Å². The van der Waals surface area contributed by atoms with Gasteiger partial charge in [0, 0.05) is 12.6 Å². The highest BCUT2D eigenvalue weighted by atomic mass is 31.2. The second-order valence-electron chi connectivity index (χ2n) is 10.8. The molecule has 45 heavy (non-hydrogen) atoms. The van der Waals surface area contributed by atoms with Gasteiger partial charge in [-0.05, 0) is 47.0 Å². The summed E-state index contributed by atoms with van der Waals surface area (Å²) in [7, 11) is 1.25. The Balaban J connectivity index is 1.70. The second-order valence-corrected chi connectivity index (χ2v) is 14.2. The lowest BCUT2D eigenvalue weighted by Gasteiger charge is -2.51. The van der Waals surface area contributed by atoms with Crippen molar-refractivity contribution in [3.63, 3.8) is 0 Å². The van der Waals surface area contributed by atoms with E-state index in [1.54, 1.807) is 24.3 Å². The van der Waals surface area contributed by atoms with Crippen molar-refractivity contribution in [2.24, 2.45) is 5.92 Å². The summed E-state index contributed by atoms with van der Waals surface area (Å²) >= 11 is 0. The van der Waals surface area contributed by atoms with Crippen molar-refractivity contribution in [3.8, 4) is 0 Å². The zero-order valence-corrected chi connectivity index (χ0v) is 25.7. The molecule has 4 aromatic rings. The fraction of sp³-hybridized carbons (Fsp3) is 0.200. The SMILES string of the molecule is COC(=O)Nc1ccc(C(O)C[C@@H]2[C@@H]([C@@H](C)O)C(=O)N2C(C(=O)O)=P(c2ccccc2)(c2ccccc2)c2ccccc2)cc1. The van der Waals surface area contributed by atoms with E-state index in [0.29, 0.717) is 11.3 Å². The first-order valence-electron chi connectivity index (χ1n) is 14.5. The van der Waals surface area contributed by atoms with Crippen molar-refractivity contribution >= 4 is 51.9 Å². The second kappa shape index (κ2) is 13.5. The number of ether oxygens (including phenoxy) is 1. The van der Waals surface area contributed by atoms with E-state index in [-0.39, 0.29) is 11.8 Å². The molecule has 1 aliphatic heterocycles. The van der Waals surface area contributed by atoms with Crippen LogP contribution in [0.25, 0.3) is 0 Å². The molecule has 232 valence electrons. The lowest BCUT2D eigenvalue weighted by molar-refractivity contribution is -0.158. The fourth-order valence-electron chi connectivity index (χ4n) is 6.11. The van der Waals surface area contributed by atoms with E-state index in [9.17, 15) is 29.7 Å². The molecule has 0 spiro atoms. The molecule has 4 atom stereocenters. The fourth-order valence-corrected chi connectivity index (χ4v) is 10.5. The van der Waals surface area contributed by atoms with Gasteiger partial charge >= 0.3 is 12.1 Å². The van der Waals surface area contributed by atoms with E-state index in [0.717, 1.165) is 15.9 Å². The third kappa shape index (κ3) is 6.02. The highest BCUT2D eigenvalue weighted by Gasteiger charge is 2.55. The number of likely N-dealkylation sites (tertiary alicyclic amines) is 1. The number of carbonyl (C=O) groups is 3. The summed E-state index contributed by atoms with van der Waals surface area (Å²) in [6.45, 7) is -1.70. The van der Waals surface area contributed by atoms with Gasteiger partial charge < -0.3 is 25.0 Å². The maximum Gasteiger partial charge on any atom is 0.411 e. The summed E-state index contributed by atoms with van der Waals surface area (Å²) in [6.07, 6.45) is -2.84. The number of aliphatic hydroxyl groups excluding tert-OH is 2. The molecule has 1 fully saturated rings. The van der Waals surface area contributed by atoms with Gasteiger partial charge in [-0.15, -0.1) is 0 Å². The molecular weight excluding hydrogens is 591 g/mol. The zero-order valence-electron chi connectivity index (χ0n) is 24.9. The minimum absolute atomic E-state index is 0.0275. The van der Waals surface area contributed by atoms with Crippen molar-refractivity contribution < 1.29 is 34.4 Å². The van der Waals surface area contributed by atoms with Gasteiger partial charge in [0.05, 0.1) is 31.3 Å². The van der Waals surface area contributed by atoms with E-state index >= 15 is 0 Å². The molecule has 0 saturated carbocycles. The molecule has 1 aliphatic rings. The van der Waals surface area contributed by atoms with Crippen LogP contribution in [0.4, 0.5) is 10.5 Å². The number of β-lactam (4-membered cyclic amide) rings is 1. The smallest absolute Gasteiger partial charge is 0.411 e. The van der Waals surface area contributed by atoms with Gasteiger partial charge in [0.25, 0.3) is 0 Å². The lowest BCUT2D eigenvalue weighted by Crippen LogP contribution is -2.68. The number of nitrogens with zero attached hydrogens (tertiary/aromatic N) is 1. The molecule has 0 aromatic heterocycles. The van der Waals surface area contributed by atoms with Crippen LogP contribution in [0.1, 0.15) is 25.0 Å². The normalized spacial score (nSPS) is 17.5. The molecule has 0 radical (unpaired) electrons. The molecule has 0 bridgehead atoms. The topological polar surface area (TPSA) is 136 Å². The number of carboxylic acids is 1. The van der Waals surface area contributed by atoms with E-state index in [4.69, 9.17) is 0 Å². The number of methoxy groups -OCH3 is 1. The molecule has 5 rings (SSSR count). The van der Waals surface area contributed by atoms with E-state index < -0.39 is 49.0 Å². The third-order valence-corrected chi connectivity index (χ3v) is 12.4. The van der Waals surface area contributed by atoms with Crippen molar-refractivity contribution in [1.29, 1.82) is 0 Å². The summed E-state index contributed by atoms with van der Waals surface area (Å²) < 4.78 is 4.62. The van der Waals surface area contributed by atoms with E-state index in [2.05, 4.69) is 10.1 Å². The van der Waals surface area contributed by atoms with Gasteiger partial charge in [-0.25, -0.2) is 9.59 Å². The predicted octanol–water partition coefficient (Wildman–Crippen LogP) is 3.70. The highest BCUT2D eigenvalue weighted by molar-refractivity contribution is 7.96. The molecule has 1 heterocycles. The number of carboxylic acid groups (broad SMARTS) is 1. The minimum atomic E-state index is -3.20. The molecular formula is C35H35N2O7P. The van der Waals surface area contributed by atoms with E-state index in [1.807, 2.05) is 91.0 Å². The Bertz CT molecular complexity index is 1610. The minimum Gasteiger partial charge on any atom is -0.477 e. The molecule has 1 unspecified atom stereocenters. The van der Waals surface area contributed by atoms with Crippen LogP contribution in [0, 0.1) is 5.92 Å². The van der Waals surface area contributed by atoms with Crippen molar-refractivity contribution in [2.75, 3.05) is 12.4 Å². The number of aliphatic carboxylic acids is 1. The maximum atomic E-state index is 14.0. The Labute approximate surface area is 261 Å². The Hall–Kier alpha value is -4.69. The average molecular weight is 627 g/mol. The quantitative estimate of drug-likeness (QED) is 0.156. The standard InChI is InChI=1S/C35H35N2O7P/c1-23(38)31-29(22-30(39)24-18-20-25(21-19-24)36-35(43)44-2)37(32(31)40)33(34(41)42)45(26-12-6-3-7-13-26,27-14-8-4-9-15-27)28-16-10-5-11-17-28/h3-21,23,29-31,38-39H,22H2,1-2H3,(H,36,43)(H,41,42)/t23-,29-,30?,31-/m1/s1. The van der Waals surface area contributed by atoms with Crippen LogP contribution in [0.15, 0.2) is 115 Å². The van der Waals surface area contributed by atoms with Crippen LogP contribution in [-0.2, 0) is 14.3 Å². The Morgan fingerprint density at radius 2 is 1.29 bits per heavy atom. The van der Waals surface area contributed by atoms with Crippen LogP contribution in [0.5, 0.6) is 0 Å². The number of anilines is 1. The predicted molar refractivity (Wildman–Crippen MR) is 176 cm³/mol. The molecule has 4 N–H and O–H groups in total. The van der Waals surface area contributed by atoms with Crippen LogP contribution in [-0.4, -0.2) is 62.9 Å². The number of aliphatic hydroxyl groups is 2. The number of nitrogens with one attached hydrogen (secondary N) is 1. The first kappa shape index (κ1) is 31.7. The Morgan fingerprint density at radius 3 is 1.69 bits per heavy atom. The number of carbonyl (C=O) groups excluding carboxylic acids is 2. The number of amides is 2. The van der Waals surface area contributed by atoms with E-state index in [1.165, 1.54) is 18.9 Å². The van der Waals surface area contributed by atoms with Crippen LogP contribution in [0.2, 0.25) is 0 Å². The monoisotopic (exact) mass is 626 g/mol. The first-order valence-corrected chi connectivity index (χ1v) is 16.3. The van der Waals surface area contributed by atoms with Gasteiger partial charge in [-0.3, -0.25) is 10.1 Å². The summed E-state index contributed by atoms with van der Waals surface area (Å²) in [5.74, 6) is -2.68. The zero-order chi connectivity index (χ0) is 32.1. The van der Waals surface area contributed by atoms with Crippen molar-refractivity contribution in [1.82, 2.24) is 4.90 Å². The molecule has 1 saturated heterocycles. The Kier molecular flexibility index (Phi) is 9.54. The van der Waals surface area contributed by atoms with Gasteiger partial charge in [0.15, 0.2) is 0 Å². The first-order chi connectivity index (χ1) is 21.7. The molecule has 9 nitrogen and oxygen atoms in total. The molecule has 10 heteroatoms. The molecule has 2 amide bonds. The molecule has 0 aliphatic carbocycles. The van der Waals surface area contributed by atoms with Crippen LogP contribution >= 0.6 is 6.89 Å². The number of benzene rings is 4. The summed E-state index contributed by atoms with van der Waals surface area (Å²) in [4.78, 5) is 40.4. The third-order valence-electron chi connectivity index (χ3n) is 8.15. The van der Waals surface area contributed by atoms with Gasteiger partial charge in [-0.2, -0.15) is 0 Å². The van der Waals surface area contributed by atoms with Crippen LogP contribution < -0.4 is 21.2 Å². The Morgan fingerprint density at radius 1 is 0.822 bits per heavy atom. The lowest BCUT2D eigenvalue weighted by atomic mass is 9.79. The number of rotatable bonds is 10. The summed E-state index contributed by atoms with van der Waals surface area (Å²) in [6, 6.07) is 33.7. The maximum absolute atomic E-state index is 14.0. The van der Waals surface area contributed by atoms with Gasteiger partial charge in [0.2, 0.25) is 5.91 Å². The van der Waals surface area contributed by atoms with Crippen molar-refractivity contribution in [3.05, 3.63) is 121 Å². The van der Waals surface area contributed by atoms with Crippen LogP contribution in [0.3, 0.4) is 0 Å². The number of hydrogen-bond acceptors (Lipinski definition) is 6. The van der Waals surface area contributed by atoms with Crippen molar-refractivity contribution in [2.45, 2.75) is 31.6 Å². The van der Waals surface area contributed by atoms with Gasteiger partial charge in [0.1, 0.15) is 5.42 Å². The summed E-state index contributed by atoms with van der Waals surface area (Å²) in [5.41, 5.74) is 0.883. The largest absolute Gasteiger partial charge is 0.477 e.